The summed E-state index contributed by atoms with van der Waals surface area (Å²) in [6.45, 7) is 5.33. The molecule has 0 aliphatic carbocycles. The summed E-state index contributed by atoms with van der Waals surface area (Å²) in [5.41, 5.74) is 4.50. The Labute approximate surface area is 112 Å². The third kappa shape index (κ3) is 5.58. The zero-order valence-corrected chi connectivity index (χ0v) is 11.8. The van der Waals surface area contributed by atoms with E-state index in [9.17, 15) is 9.59 Å². The molecule has 1 aliphatic heterocycles. The van der Waals surface area contributed by atoms with Crippen molar-refractivity contribution in [2.24, 2.45) is 4.99 Å². The molecule has 108 valence electrons. The molecule has 0 unspecified atom stereocenters. The van der Waals surface area contributed by atoms with Gasteiger partial charge in [-0.3, -0.25) is 10.4 Å². The van der Waals surface area contributed by atoms with E-state index >= 15 is 0 Å². The van der Waals surface area contributed by atoms with Crippen molar-refractivity contribution < 1.29 is 19.1 Å². The highest BCUT2D eigenvalue weighted by Crippen LogP contribution is 2.13. The zero-order chi connectivity index (χ0) is 14.5. The van der Waals surface area contributed by atoms with E-state index < -0.39 is 17.7 Å². The number of nitrogens with zero attached hydrogens (tertiary/aromatic N) is 1. The average Bonchev–Trinajstić information content (AvgIpc) is 2.34. The van der Waals surface area contributed by atoms with Crippen LogP contribution in [0.3, 0.4) is 0 Å². The van der Waals surface area contributed by atoms with Gasteiger partial charge in [0.05, 0.1) is 7.11 Å². The summed E-state index contributed by atoms with van der Waals surface area (Å²) in [6, 6.07) is -0.498. The Kier molecular flexibility index (Phi) is 5.14. The predicted molar refractivity (Wildman–Crippen MR) is 69.6 cm³/mol. The number of hydrogen-bond acceptors (Lipinski definition) is 6. The lowest BCUT2D eigenvalue weighted by Crippen LogP contribution is -2.45. The number of rotatable bonds is 1. The van der Waals surface area contributed by atoms with Crippen LogP contribution in [0, 0.1) is 0 Å². The van der Waals surface area contributed by atoms with Crippen LogP contribution in [0.4, 0.5) is 4.79 Å². The number of carbonyl (C=O) groups excluding carboxylic acids is 2. The molecule has 0 spiro atoms. The van der Waals surface area contributed by atoms with E-state index in [2.05, 4.69) is 20.6 Å². The van der Waals surface area contributed by atoms with Gasteiger partial charge in [0.1, 0.15) is 17.5 Å². The van der Waals surface area contributed by atoms with E-state index in [4.69, 9.17) is 4.74 Å². The summed E-state index contributed by atoms with van der Waals surface area (Å²) in [7, 11) is 1.33. The summed E-state index contributed by atoms with van der Waals surface area (Å²) in [5, 5.41) is 0. The minimum atomic E-state index is -0.588. The third-order valence-electron chi connectivity index (χ3n) is 2.38. The van der Waals surface area contributed by atoms with Gasteiger partial charge in [-0.15, -0.1) is 0 Å². The first-order valence-corrected chi connectivity index (χ1v) is 6.21. The van der Waals surface area contributed by atoms with Gasteiger partial charge in [-0.05, 0) is 33.6 Å². The second-order valence-electron chi connectivity index (χ2n) is 5.26. The Balaban J connectivity index is 2.46. The second kappa shape index (κ2) is 6.40. The molecular weight excluding hydrogens is 250 g/mol. The molecule has 0 bridgehead atoms. The fourth-order valence-electron chi connectivity index (χ4n) is 1.61. The lowest BCUT2D eigenvalue weighted by atomic mass is 10.1. The number of hydrazine groups is 1. The van der Waals surface area contributed by atoms with Crippen molar-refractivity contribution >= 4 is 17.9 Å². The van der Waals surface area contributed by atoms with Crippen LogP contribution in [0.5, 0.6) is 0 Å². The SMILES string of the molecule is COC(=O)[C@H]1CCCC(NNC(=O)OC(C)(C)C)=N1. The van der Waals surface area contributed by atoms with Gasteiger partial charge in [-0.25, -0.2) is 15.0 Å². The van der Waals surface area contributed by atoms with Gasteiger partial charge in [-0.2, -0.15) is 0 Å². The van der Waals surface area contributed by atoms with Crippen LogP contribution < -0.4 is 10.9 Å². The summed E-state index contributed by atoms with van der Waals surface area (Å²) < 4.78 is 9.71. The molecule has 0 aromatic rings. The van der Waals surface area contributed by atoms with Crippen molar-refractivity contribution in [1.82, 2.24) is 10.9 Å². The Morgan fingerprint density at radius 1 is 1.37 bits per heavy atom. The summed E-state index contributed by atoms with van der Waals surface area (Å²) >= 11 is 0. The molecule has 0 aromatic carbocycles. The molecular formula is C12H21N3O4. The highest BCUT2D eigenvalue weighted by atomic mass is 16.6. The number of ether oxygens (including phenoxy) is 2. The van der Waals surface area contributed by atoms with E-state index in [1.165, 1.54) is 7.11 Å². The maximum absolute atomic E-state index is 11.4. The van der Waals surface area contributed by atoms with Gasteiger partial charge >= 0.3 is 12.1 Å². The van der Waals surface area contributed by atoms with Gasteiger partial charge in [0.2, 0.25) is 0 Å². The van der Waals surface area contributed by atoms with Crippen molar-refractivity contribution in [3.05, 3.63) is 0 Å². The van der Waals surface area contributed by atoms with Gasteiger partial charge in [0.15, 0.2) is 0 Å². The number of amidine groups is 1. The van der Waals surface area contributed by atoms with Crippen LogP contribution in [0.15, 0.2) is 4.99 Å². The van der Waals surface area contributed by atoms with E-state index in [-0.39, 0.29) is 5.97 Å². The van der Waals surface area contributed by atoms with Crippen LogP contribution in [0.2, 0.25) is 0 Å². The van der Waals surface area contributed by atoms with Crippen LogP contribution in [-0.2, 0) is 14.3 Å². The molecule has 0 saturated heterocycles. The molecule has 1 heterocycles. The fourth-order valence-corrected chi connectivity index (χ4v) is 1.61. The van der Waals surface area contributed by atoms with Gasteiger partial charge in [0, 0.05) is 6.42 Å². The third-order valence-corrected chi connectivity index (χ3v) is 2.38. The highest BCUT2D eigenvalue weighted by molar-refractivity contribution is 5.88. The van der Waals surface area contributed by atoms with Crippen LogP contribution >= 0.6 is 0 Å². The highest BCUT2D eigenvalue weighted by Gasteiger charge is 2.23. The number of nitrogens with one attached hydrogen (secondary N) is 2. The molecule has 7 nitrogen and oxygen atoms in total. The molecule has 2 N–H and O–H groups in total. The number of aliphatic imine (C=N–C) groups is 1. The smallest absolute Gasteiger partial charge is 0.426 e. The average molecular weight is 271 g/mol. The van der Waals surface area contributed by atoms with E-state index in [0.717, 1.165) is 6.42 Å². The van der Waals surface area contributed by atoms with Crippen LogP contribution in [0.25, 0.3) is 0 Å². The molecule has 0 radical (unpaired) electrons. The Hall–Kier alpha value is -1.79. The van der Waals surface area contributed by atoms with Crippen LogP contribution in [-0.4, -0.2) is 36.7 Å². The molecule has 7 heteroatoms. The molecule has 0 saturated carbocycles. The van der Waals surface area contributed by atoms with Crippen molar-refractivity contribution in [3.63, 3.8) is 0 Å². The summed E-state index contributed by atoms with van der Waals surface area (Å²) in [4.78, 5) is 27.0. The molecule has 19 heavy (non-hydrogen) atoms. The van der Waals surface area contributed by atoms with Crippen molar-refractivity contribution in [1.29, 1.82) is 0 Å². The number of methoxy groups -OCH3 is 1. The normalized spacial score (nSPS) is 19.2. The number of carbonyl (C=O) groups is 2. The number of hydrogen-bond donors (Lipinski definition) is 2. The first kappa shape index (κ1) is 15.3. The van der Waals surface area contributed by atoms with Crippen LogP contribution in [0.1, 0.15) is 40.0 Å². The molecule has 0 fully saturated rings. The van der Waals surface area contributed by atoms with E-state index in [1.807, 2.05) is 0 Å². The first-order valence-electron chi connectivity index (χ1n) is 6.21. The molecule has 1 atom stereocenters. The molecule has 0 aromatic heterocycles. The lowest BCUT2D eigenvalue weighted by molar-refractivity contribution is -0.142. The number of esters is 1. The lowest BCUT2D eigenvalue weighted by Gasteiger charge is -2.22. The maximum atomic E-state index is 11.4. The maximum Gasteiger partial charge on any atom is 0.426 e. The van der Waals surface area contributed by atoms with Gasteiger partial charge < -0.3 is 9.47 Å². The Morgan fingerprint density at radius 2 is 2.05 bits per heavy atom. The standard InChI is InChI=1S/C12H21N3O4/c1-12(2,3)19-11(17)15-14-9-7-5-6-8(13-9)10(16)18-4/h8H,5-7H2,1-4H3,(H,13,14)(H,15,17)/t8-/m1/s1. The monoisotopic (exact) mass is 271 g/mol. The molecule has 1 rings (SSSR count). The number of amides is 1. The Bertz CT molecular complexity index is 374. The second-order valence-corrected chi connectivity index (χ2v) is 5.26. The fraction of sp³-hybridized carbons (Fsp3) is 0.750. The zero-order valence-electron chi connectivity index (χ0n) is 11.8. The van der Waals surface area contributed by atoms with Gasteiger partial charge in [-0.1, -0.05) is 0 Å². The largest absolute Gasteiger partial charge is 0.467 e. The van der Waals surface area contributed by atoms with Crippen molar-refractivity contribution in [3.8, 4) is 0 Å². The van der Waals surface area contributed by atoms with Gasteiger partial charge in [0.25, 0.3) is 0 Å². The topological polar surface area (TPSA) is 89.0 Å². The minimum absolute atomic E-state index is 0.365. The van der Waals surface area contributed by atoms with E-state index in [1.54, 1.807) is 20.8 Å². The van der Waals surface area contributed by atoms with E-state index in [0.29, 0.717) is 18.7 Å². The molecule has 1 amide bonds. The summed E-state index contributed by atoms with van der Waals surface area (Å²) in [6.07, 6.45) is 1.55. The molecule has 1 aliphatic rings. The first-order chi connectivity index (χ1) is 8.81. The Morgan fingerprint density at radius 3 is 2.63 bits per heavy atom. The van der Waals surface area contributed by atoms with Crippen molar-refractivity contribution in [2.75, 3.05) is 7.11 Å². The predicted octanol–water partition coefficient (Wildman–Crippen LogP) is 1.14. The minimum Gasteiger partial charge on any atom is -0.467 e. The van der Waals surface area contributed by atoms with Crippen molar-refractivity contribution in [2.45, 2.75) is 51.7 Å². The summed E-state index contributed by atoms with van der Waals surface area (Å²) in [5.74, 6) is 0.184. The quantitative estimate of drug-likeness (QED) is 0.551.